The number of carbonyl (C=O) groups excluding carboxylic acids is 2. The fourth-order valence-electron chi connectivity index (χ4n) is 3.26. The Morgan fingerprint density at radius 2 is 1.79 bits per heavy atom. The average Bonchev–Trinajstić information content (AvgIpc) is 2.79. The number of methoxy groups -OCH3 is 1. The number of sulfonamides is 1. The molecular formula is C24H32ClN3O5S. The van der Waals surface area contributed by atoms with E-state index >= 15 is 0 Å². The Hall–Kier alpha value is -2.78. The summed E-state index contributed by atoms with van der Waals surface area (Å²) >= 11 is 6.05. The number of benzene rings is 2. The van der Waals surface area contributed by atoms with Crippen molar-refractivity contribution in [2.45, 2.75) is 45.8 Å². The lowest BCUT2D eigenvalue weighted by atomic mass is 10.1. The van der Waals surface area contributed by atoms with Gasteiger partial charge in [-0.3, -0.25) is 13.9 Å². The quantitative estimate of drug-likeness (QED) is 0.500. The molecule has 34 heavy (non-hydrogen) atoms. The van der Waals surface area contributed by atoms with Crippen LogP contribution in [0.2, 0.25) is 5.02 Å². The first-order valence-corrected chi connectivity index (χ1v) is 13.1. The molecule has 0 saturated carbocycles. The summed E-state index contributed by atoms with van der Waals surface area (Å²) in [4.78, 5) is 27.8. The van der Waals surface area contributed by atoms with Gasteiger partial charge in [-0.05, 0) is 56.2 Å². The molecule has 2 rings (SSSR count). The van der Waals surface area contributed by atoms with E-state index in [4.69, 9.17) is 16.3 Å². The molecule has 0 aliphatic heterocycles. The number of ether oxygens (including phenoxy) is 1. The number of halogens is 1. The Kier molecular flexibility index (Phi) is 9.76. The molecule has 0 unspecified atom stereocenters. The first-order valence-electron chi connectivity index (χ1n) is 10.9. The van der Waals surface area contributed by atoms with Crippen LogP contribution in [0.5, 0.6) is 5.75 Å². The molecule has 0 radical (unpaired) electrons. The van der Waals surface area contributed by atoms with Crippen molar-refractivity contribution in [3.05, 3.63) is 59.1 Å². The minimum Gasteiger partial charge on any atom is -0.497 e. The minimum atomic E-state index is -3.81. The predicted octanol–water partition coefficient (Wildman–Crippen LogP) is 3.45. The van der Waals surface area contributed by atoms with Gasteiger partial charge in [0.2, 0.25) is 21.8 Å². The fraction of sp³-hybridized carbons (Fsp3) is 0.417. The third-order valence-corrected chi connectivity index (χ3v) is 6.81. The van der Waals surface area contributed by atoms with E-state index in [-0.39, 0.29) is 24.2 Å². The van der Waals surface area contributed by atoms with Crippen molar-refractivity contribution in [3.63, 3.8) is 0 Å². The average molecular weight is 510 g/mol. The molecule has 186 valence electrons. The third-order valence-electron chi connectivity index (χ3n) is 5.43. The summed E-state index contributed by atoms with van der Waals surface area (Å²) in [5.41, 5.74) is 1.01. The summed E-state index contributed by atoms with van der Waals surface area (Å²) < 4.78 is 31.3. The molecule has 0 heterocycles. The molecule has 0 saturated heterocycles. The Bertz CT molecular complexity index is 1110. The molecule has 2 aromatic rings. The second-order valence-electron chi connectivity index (χ2n) is 8.12. The van der Waals surface area contributed by atoms with Gasteiger partial charge in [-0.1, -0.05) is 36.7 Å². The standard InChI is InChI=1S/C24H32ClN3O5S/c1-6-17(2)26-24(30)18(3)27(15-19-9-7-12-22(13-19)33-4)23(29)16-28(34(5,31)32)21-11-8-10-20(25)14-21/h7-14,17-18H,6,15-16H2,1-5H3,(H,26,30)/t17-,18+/m1/s1. The van der Waals surface area contributed by atoms with Crippen LogP contribution >= 0.6 is 11.6 Å². The van der Waals surface area contributed by atoms with Crippen LogP contribution in [0.15, 0.2) is 48.5 Å². The Labute approximate surface area is 206 Å². The molecule has 0 fully saturated rings. The summed E-state index contributed by atoms with van der Waals surface area (Å²) in [6.45, 7) is 5.06. The summed E-state index contributed by atoms with van der Waals surface area (Å²) in [7, 11) is -2.27. The van der Waals surface area contributed by atoms with E-state index in [1.54, 1.807) is 50.4 Å². The highest BCUT2D eigenvalue weighted by Gasteiger charge is 2.30. The Morgan fingerprint density at radius 1 is 1.12 bits per heavy atom. The highest BCUT2D eigenvalue weighted by atomic mass is 35.5. The largest absolute Gasteiger partial charge is 0.497 e. The van der Waals surface area contributed by atoms with Crippen molar-refractivity contribution < 1.29 is 22.7 Å². The van der Waals surface area contributed by atoms with Crippen molar-refractivity contribution in [3.8, 4) is 5.75 Å². The minimum absolute atomic E-state index is 0.0669. The molecule has 2 amide bonds. The van der Waals surface area contributed by atoms with Crippen LogP contribution in [0.1, 0.15) is 32.8 Å². The zero-order chi connectivity index (χ0) is 25.5. The maximum absolute atomic E-state index is 13.5. The van der Waals surface area contributed by atoms with Crippen LogP contribution < -0.4 is 14.4 Å². The zero-order valence-electron chi connectivity index (χ0n) is 20.1. The monoisotopic (exact) mass is 509 g/mol. The molecule has 2 atom stereocenters. The Balaban J connectivity index is 2.40. The second-order valence-corrected chi connectivity index (χ2v) is 10.5. The van der Waals surface area contributed by atoms with Crippen LogP contribution in [0.3, 0.4) is 0 Å². The maximum Gasteiger partial charge on any atom is 0.244 e. The molecule has 0 aliphatic rings. The van der Waals surface area contributed by atoms with Crippen molar-refractivity contribution in [2.24, 2.45) is 0 Å². The van der Waals surface area contributed by atoms with E-state index in [1.165, 1.54) is 11.0 Å². The highest BCUT2D eigenvalue weighted by Crippen LogP contribution is 2.23. The van der Waals surface area contributed by atoms with Crippen molar-refractivity contribution >= 4 is 39.1 Å². The first kappa shape index (κ1) is 27.5. The molecule has 1 N–H and O–H groups in total. The lowest BCUT2D eigenvalue weighted by molar-refractivity contribution is -0.139. The van der Waals surface area contributed by atoms with Crippen molar-refractivity contribution in [2.75, 3.05) is 24.2 Å². The molecule has 0 spiro atoms. The lowest BCUT2D eigenvalue weighted by Gasteiger charge is -2.32. The van der Waals surface area contributed by atoms with Crippen LogP contribution in [-0.4, -0.2) is 57.1 Å². The molecule has 8 nitrogen and oxygen atoms in total. The molecule has 2 aromatic carbocycles. The van der Waals surface area contributed by atoms with Crippen molar-refractivity contribution in [1.29, 1.82) is 0 Å². The first-order chi connectivity index (χ1) is 16.0. The fourth-order valence-corrected chi connectivity index (χ4v) is 4.29. The molecule has 10 heteroatoms. The zero-order valence-corrected chi connectivity index (χ0v) is 21.7. The van der Waals surface area contributed by atoms with Gasteiger partial charge in [0, 0.05) is 17.6 Å². The maximum atomic E-state index is 13.5. The van der Waals surface area contributed by atoms with Gasteiger partial charge in [-0.25, -0.2) is 8.42 Å². The number of amides is 2. The van der Waals surface area contributed by atoms with Crippen LogP contribution in [0, 0.1) is 0 Å². The number of rotatable bonds is 11. The van der Waals surface area contributed by atoms with Gasteiger partial charge in [0.1, 0.15) is 18.3 Å². The van der Waals surface area contributed by atoms with E-state index in [0.717, 1.165) is 22.5 Å². The van der Waals surface area contributed by atoms with Gasteiger partial charge in [0.25, 0.3) is 0 Å². The SMILES string of the molecule is CC[C@@H](C)NC(=O)[C@H](C)N(Cc1cccc(OC)c1)C(=O)CN(c1cccc(Cl)c1)S(C)(=O)=O. The normalized spacial score (nSPS) is 13.0. The van der Waals surface area contributed by atoms with Gasteiger partial charge in [0.05, 0.1) is 19.1 Å². The number of hydrogen-bond donors (Lipinski definition) is 1. The third kappa shape index (κ3) is 7.63. The number of nitrogens with zero attached hydrogens (tertiary/aromatic N) is 2. The summed E-state index contributed by atoms with van der Waals surface area (Å²) in [6.07, 6.45) is 1.76. The number of carbonyl (C=O) groups is 2. The molecule has 0 aromatic heterocycles. The van der Waals surface area contributed by atoms with Gasteiger partial charge < -0.3 is 15.0 Å². The number of hydrogen-bond acceptors (Lipinski definition) is 5. The van der Waals surface area contributed by atoms with E-state index in [9.17, 15) is 18.0 Å². The van der Waals surface area contributed by atoms with Gasteiger partial charge in [-0.2, -0.15) is 0 Å². The smallest absolute Gasteiger partial charge is 0.244 e. The summed E-state index contributed by atoms with van der Waals surface area (Å²) in [5.74, 6) is -0.238. The van der Waals surface area contributed by atoms with Crippen LogP contribution in [0.4, 0.5) is 5.69 Å². The van der Waals surface area contributed by atoms with Crippen LogP contribution in [0.25, 0.3) is 0 Å². The lowest BCUT2D eigenvalue weighted by Crippen LogP contribution is -2.52. The highest BCUT2D eigenvalue weighted by molar-refractivity contribution is 7.92. The van der Waals surface area contributed by atoms with E-state index in [1.807, 2.05) is 19.9 Å². The van der Waals surface area contributed by atoms with E-state index in [2.05, 4.69) is 5.32 Å². The topological polar surface area (TPSA) is 96.0 Å². The van der Waals surface area contributed by atoms with Crippen molar-refractivity contribution in [1.82, 2.24) is 10.2 Å². The van der Waals surface area contributed by atoms with Gasteiger partial charge >= 0.3 is 0 Å². The number of anilines is 1. The van der Waals surface area contributed by atoms with E-state index < -0.39 is 28.5 Å². The van der Waals surface area contributed by atoms with Gasteiger partial charge in [0.15, 0.2) is 0 Å². The predicted molar refractivity (Wildman–Crippen MR) is 135 cm³/mol. The van der Waals surface area contributed by atoms with Crippen LogP contribution in [-0.2, 0) is 26.2 Å². The molecule has 0 bridgehead atoms. The van der Waals surface area contributed by atoms with E-state index in [0.29, 0.717) is 10.8 Å². The summed E-state index contributed by atoms with van der Waals surface area (Å²) in [5, 5.41) is 3.23. The molecular weight excluding hydrogens is 478 g/mol. The molecule has 0 aliphatic carbocycles. The Morgan fingerprint density at radius 3 is 2.38 bits per heavy atom. The summed E-state index contributed by atoms with van der Waals surface area (Å²) in [6, 6.07) is 12.5. The number of nitrogens with one attached hydrogen (secondary N) is 1. The second kappa shape index (κ2) is 12.1. The van der Waals surface area contributed by atoms with Gasteiger partial charge in [-0.15, -0.1) is 0 Å².